The van der Waals surface area contributed by atoms with Crippen LogP contribution >= 0.6 is 0 Å². The number of benzene rings is 2. The van der Waals surface area contributed by atoms with Gasteiger partial charge in [0.15, 0.2) is 11.5 Å². The van der Waals surface area contributed by atoms with Crippen molar-refractivity contribution in [3.63, 3.8) is 0 Å². The third-order valence-electron chi connectivity index (χ3n) is 5.43. The molecule has 0 atom stereocenters. The number of amides is 1. The van der Waals surface area contributed by atoms with E-state index in [2.05, 4.69) is 16.0 Å². The number of halogens is 2. The van der Waals surface area contributed by atoms with Crippen LogP contribution in [0.1, 0.15) is 35.1 Å². The first kappa shape index (κ1) is 24.1. The standard InChI is InChI=1S/C26H27F2NO4/c1-3-14-32-23-11-8-18(15-24(23)31-2)12-13-29-25(30)22(17-33-26(27)28)21-10-9-19-6-4-5-7-20(19)16-21/h1,8-11,15-17,26H,4-7,12-14H2,2H3,(H,29,30). The lowest BCUT2D eigenvalue weighted by Gasteiger charge is -2.17. The molecule has 0 spiro atoms. The first-order chi connectivity index (χ1) is 16.0. The molecule has 0 heterocycles. The van der Waals surface area contributed by atoms with Crippen molar-refractivity contribution < 1.29 is 27.8 Å². The van der Waals surface area contributed by atoms with Crippen LogP contribution in [-0.2, 0) is 28.8 Å². The van der Waals surface area contributed by atoms with E-state index in [0.717, 1.165) is 43.1 Å². The summed E-state index contributed by atoms with van der Waals surface area (Å²) in [4.78, 5) is 12.8. The molecule has 0 fully saturated rings. The zero-order valence-electron chi connectivity index (χ0n) is 18.5. The molecule has 0 aromatic heterocycles. The summed E-state index contributed by atoms with van der Waals surface area (Å²) in [6, 6.07) is 11.0. The number of carbonyl (C=O) groups is 1. The zero-order chi connectivity index (χ0) is 23.6. The highest BCUT2D eigenvalue weighted by atomic mass is 19.3. The van der Waals surface area contributed by atoms with Crippen molar-refractivity contribution in [2.75, 3.05) is 20.3 Å². The number of terminal acetylenes is 1. The van der Waals surface area contributed by atoms with E-state index < -0.39 is 12.5 Å². The Hall–Kier alpha value is -3.53. The highest BCUT2D eigenvalue weighted by Crippen LogP contribution is 2.28. The predicted octanol–water partition coefficient (Wildman–Crippen LogP) is 4.53. The fourth-order valence-corrected chi connectivity index (χ4v) is 3.79. The number of fused-ring (bicyclic) bond motifs is 1. The second-order valence-electron chi connectivity index (χ2n) is 7.60. The van der Waals surface area contributed by atoms with Gasteiger partial charge in [0.2, 0.25) is 0 Å². The van der Waals surface area contributed by atoms with Gasteiger partial charge in [-0.1, -0.05) is 30.2 Å². The van der Waals surface area contributed by atoms with Crippen molar-refractivity contribution in [2.24, 2.45) is 0 Å². The minimum atomic E-state index is -3.01. The monoisotopic (exact) mass is 455 g/mol. The molecule has 1 N–H and O–H groups in total. The molecular formula is C26H27F2NO4. The number of methoxy groups -OCH3 is 1. The largest absolute Gasteiger partial charge is 0.493 e. The van der Waals surface area contributed by atoms with E-state index in [4.69, 9.17) is 15.9 Å². The van der Waals surface area contributed by atoms with Gasteiger partial charge in [-0.25, -0.2) is 0 Å². The van der Waals surface area contributed by atoms with E-state index in [1.165, 1.54) is 12.7 Å². The molecule has 0 bridgehead atoms. The molecule has 5 nitrogen and oxygen atoms in total. The number of hydrogen-bond acceptors (Lipinski definition) is 4. The Balaban J connectivity index is 1.68. The summed E-state index contributed by atoms with van der Waals surface area (Å²) in [6.45, 7) is -2.58. The van der Waals surface area contributed by atoms with Crippen molar-refractivity contribution in [2.45, 2.75) is 38.7 Å². The Morgan fingerprint density at radius 3 is 2.67 bits per heavy atom. The predicted molar refractivity (Wildman–Crippen MR) is 122 cm³/mol. The topological polar surface area (TPSA) is 56.8 Å². The van der Waals surface area contributed by atoms with Crippen molar-refractivity contribution in [3.05, 3.63) is 64.9 Å². The molecule has 0 radical (unpaired) electrons. The molecule has 1 aliphatic rings. The van der Waals surface area contributed by atoms with Gasteiger partial charge < -0.3 is 19.5 Å². The van der Waals surface area contributed by atoms with Crippen LogP contribution in [0.25, 0.3) is 5.57 Å². The van der Waals surface area contributed by atoms with Crippen LogP contribution < -0.4 is 14.8 Å². The van der Waals surface area contributed by atoms with E-state index >= 15 is 0 Å². The number of rotatable bonds is 10. The third-order valence-corrected chi connectivity index (χ3v) is 5.43. The molecule has 7 heteroatoms. The maximum Gasteiger partial charge on any atom is 0.386 e. The van der Waals surface area contributed by atoms with E-state index in [0.29, 0.717) is 30.0 Å². The van der Waals surface area contributed by atoms with Gasteiger partial charge in [0.1, 0.15) is 12.9 Å². The van der Waals surface area contributed by atoms with Gasteiger partial charge in [-0.05, 0) is 66.5 Å². The summed E-state index contributed by atoms with van der Waals surface area (Å²) in [5, 5.41) is 2.79. The van der Waals surface area contributed by atoms with Crippen LogP contribution in [-0.4, -0.2) is 32.8 Å². The lowest BCUT2D eigenvalue weighted by atomic mass is 9.89. The van der Waals surface area contributed by atoms with Crippen molar-refractivity contribution >= 4 is 11.5 Å². The van der Waals surface area contributed by atoms with Crippen molar-refractivity contribution in [3.8, 4) is 23.8 Å². The Kier molecular flexibility index (Phi) is 8.71. The molecule has 0 aliphatic heterocycles. The van der Waals surface area contributed by atoms with Crippen LogP contribution in [0, 0.1) is 12.3 Å². The molecule has 33 heavy (non-hydrogen) atoms. The number of aryl methyl sites for hydroxylation is 2. The van der Waals surface area contributed by atoms with E-state index in [-0.39, 0.29) is 12.2 Å². The molecule has 3 rings (SSSR count). The minimum Gasteiger partial charge on any atom is -0.493 e. The number of nitrogens with one attached hydrogen (secondary N) is 1. The molecule has 0 saturated carbocycles. The van der Waals surface area contributed by atoms with Gasteiger partial charge in [0.25, 0.3) is 5.91 Å². The van der Waals surface area contributed by atoms with Gasteiger partial charge in [-0.3, -0.25) is 4.79 Å². The van der Waals surface area contributed by atoms with E-state index in [1.807, 2.05) is 18.2 Å². The zero-order valence-corrected chi connectivity index (χ0v) is 18.5. The first-order valence-electron chi connectivity index (χ1n) is 10.8. The number of carbonyl (C=O) groups excluding carboxylic acids is 1. The molecule has 1 aliphatic carbocycles. The molecule has 2 aromatic carbocycles. The summed E-state index contributed by atoms with van der Waals surface area (Å²) >= 11 is 0. The molecule has 2 aromatic rings. The van der Waals surface area contributed by atoms with Crippen LogP contribution in [0.5, 0.6) is 11.5 Å². The second kappa shape index (κ2) is 11.9. The van der Waals surface area contributed by atoms with Crippen LogP contribution in [0.2, 0.25) is 0 Å². The van der Waals surface area contributed by atoms with Gasteiger partial charge in [-0.2, -0.15) is 8.78 Å². The maximum absolute atomic E-state index is 12.8. The first-order valence-corrected chi connectivity index (χ1v) is 10.8. The van der Waals surface area contributed by atoms with Gasteiger partial charge in [0.05, 0.1) is 12.7 Å². The summed E-state index contributed by atoms with van der Waals surface area (Å²) in [6.07, 6.45) is 10.7. The summed E-state index contributed by atoms with van der Waals surface area (Å²) in [5.74, 6) is 2.99. The van der Waals surface area contributed by atoms with Crippen LogP contribution in [0.3, 0.4) is 0 Å². The fourth-order valence-electron chi connectivity index (χ4n) is 3.79. The van der Waals surface area contributed by atoms with Crippen LogP contribution in [0.15, 0.2) is 42.7 Å². The fraction of sp³-hybridized carbons (Fsp3) is 0.346. The quantitative estimate of drug-likeness (QED) is 0.325. The van der Waals surface area contributed by atoms with Crippen molar-refractivity contribution in [1.29, 1.82) is 0 Å². The summed E-state index contributed by atoms with van der Waals surface area (Å²) in [5.41, 5.74) is 3.92. The third kappa shape index (κ3) is 6.72. The Morgan fingerprint density at radius 1 is 1.15 bits per heavy atom. The maximum atomic E-state index is 12.8. The smallest absolute Gasteiger partial charge is 0.386 e. The van der Waals surface area contributed by atoms with Gasteiger partial charge in [-0.15, -0.1) is 6.42 Å². The van der Waals surface area contributed by atoms with Crippen molar-refractivity contribution in [1.82, 2.24) is 5.32 Å². The SMILES string of the molecule is C#CCOc1ccc(CCNC(=O)C(=COC(F)F)c2ccc3c(c2)CCCC3)cc1OC. The van der Waals surface area contributed by atoms with E-state index in [1.54, 1.807) is 18.2 Å². The average molecular weight is 456 g/mol. The second-order valence-corrected chi connectivity index (χ2v) is 7.60. The molecule has 0 saturated heterocycles. The molecular weight excluding hydrogens is 428 g/mol. The molecule has 1 amide bonds. The Morgan fingerprint density at radius 2 is 1.94 bits per heavy atom. The number of ether oxygens (including phenoxy) is 3. The Bertz CT molecular complexity index is 1040. The number of alkyl halides is 2. The van der Waals surface area contributed by atoms with Crippen LogP contribution in [0.4, 0.5) is 8.78 Å². The normalized spacial score (nSPS) is 13.1. The average Bonchev–Trinajstić information content (AvgIpc) is 2.83. The molecule has 0 unspecified atom stereocenters. The Labute approximate surface area is 192 Å². The molecule has 174 valence electrons. The summed E-state index contributed by atoms with van der Waals surface area (Å²) in [7, 11) is 1.53. The lowest BCUT2D eigenvalue weighted by molar-refractivity contribution is -0.116. The summed E-state index contributed by atoms with van der Waals surface area (Å²) < 4.78 is 40.5. The van der Waals surface area contributed by atoms with Gasteiger partial charge in [0, 0.05) is 6.54 Å². The van der Waals surface area contributed by atoms with Gasteiger partial charge >= 0.3 is 6.61 Å². The van der Waals surface area contributed by atoms with E-state index in [9.17, 15) is 13.6 Å². The highest BCUT2D eigenvalue weighted by molar-refractivity contribution is 6.19. The number of hydrogen-bond donors (Lipinski definition) is 1. The lowest BCUT2D eigenvalue weighted by Crippen LogP contribution is -2.27. The minimum absolute atomic E-state index is 0.0688. The highest BCUT2D eigenvalue weighted by Gasteiger charge is 2.17.